The first kappa shape index (κ1) is 23.6. The Labute approximate surface area is 163 Å². The predicted octanol–water partition coefficient (Wildman–Crippen LogP) is 0.286. The van der Waals surface area contributed by atoms with Crippen molar-refractivity contribution in [3.63, 3.8) is 0 Å². The molecule has 0 aromatic carbocycles. The van der Waals surface area contributed by atoms with Gasteiger partial charge >= 0.3 is 51.4 Å². The van der Waals surface area contributed by atoms with Crippen molar-refractivity contribution in [3.05, 3.63) is 0 Å². The van der Waals surface area contributed by atoms with Crippen LogP contribution in [0, 0.1) is 0 Å². The summed E-state index contributed by atoms with van der Waals surface area (Å²) in [6, 6.07) is 0. The molecular weight excluding hydrogens is 317 g/mol. The molecule has 0 N–H and O–H groups in total. The summed E-state index contributed by atoms with van der Waals surface area (Å²) in [7, 11) is -4.79. The van der Waals surface area contributed by atoms with Gasteiger partial charge in [-0.05, 0) is 12.8 Å². The molecule has 0 amide bonds. The van der Waals surface area contributed by atoms with Crippen LogP contribution in [-0.2, 0) is 14.6 Å². The summed E-state index contributed by atoms with van der Waals surface area (Å²) in [6.45, 7) is -0.936. The molecule has 0 saturated heterocycles. The number of unbranched alkanes of at least 4 members (excludes halogenated alkanes) is 7. The smallest absolute Gasteiger partial charge is 0.726 e. The maximum absolute atomic E-state index is 13.1. The zero-order valence-electron chi connectivity index (χ0n) is 12.2. The summed E-state index contributed by atoms with van der Waals surface area (Å²) in [5, 5.41) is 0. The van der Waals surface area contributed by atoms with Crippen LogP contribution in [-0.4, -0.2) is 32.4 Å². The van der Waals surface area contributed by atoms with Crippen LogP contribution in [0.25, 0.3) is 0 Å². The summed E-state index contributed by atoms with van der Waals surface area (Å²) in [6.07, 6.45) is 6.00. The van der Waals surface area contributed by atoms with E-state index in [0.29, 0.717) is 12.8 Å². The third kappa shape index (κ3) is 19.4. The van der Waals surface area contributed by atoms with Crippen LogP contribution in [0.2, 0.25) is 0 Å². The molecule has 0 heterocycles. The molecule has 4 nitrogen and oxygen atoms in total. The molecule has 0 aromatic rings. The van der Waals surface area contributed by atoms with Crippen molar-refractivity contribution in [3.8, 4) is 0 Å². The van der Waals surface area contributed by atoms with Gasteiger partial charge in [-0.1, -0.05) is 44.9 Å². The molecule has 0 aliphatic carbocycles. The summed E-state index contributed by atoms with van der Waals surface area (Å²) < 4.78 is 59.0. The second-order valence-electron chi connectivity index (χ2n) is 4.60. The molecule has 0 radical (unpaired) electrons. The molecule has 0 aliphatic heterocycles. The quantitative estimate of drug-likeness (QED) is 0.209. The van der Waals surface area contributed by atoms with Crippen LogP contribution in [0.3, 0.4) is 0 Å². The molecule has 0 rings (SSSR count). The Morgan fingerprint density at radius 3 is 1.85 bits per heavy atom. The van der Waals surface area contributed by atoms with E-state index in [9.17, 15) is 21.8 Å². The van der Waals surface area contributed by atoms with Gasteiger partial charge < -0.3 is 4.55 Å². The number of halogens is 2. The van der Waals surface area contributed by atoms with E-state index in [-0.39, 0.29) is 64.5 Å². The molecule has 0 spiro atoms. The normalized spacial score (nSPS) is 12.9. The van der Waals surface area contributed by atoms with Gasteiger partial charge in [-0.2, -0.15) is 0 Å². The van der Waals surface area contributed by atoms with Gasteiger partial charge in [-0.3, -0.25) is 8.57 Å². The van der Waals surface area contributed by atoms with Crippen LogP contribution in [0.1, 0.15) is 57.8 Å². The van der Waals surface area contributed by atoms with Crippen LogP contribution >= 0.6 is 0 Å². The van der Waals surface area contributed by atoms with E-state index in [2.05, 4.69) is 4.18 Å². The van der Waals surface area contributed by atoms with E-state index in [1.807, 2.05) is 0 Å². The number of hydrogen-bond acceptors (Lipinski definition) is 4. The van der Waals surface area contributed by atoms with E-state index in [1.54, 1.807) is 0 Å². The summed E-state index contributed by atoms with van der Waals surface area (Å²) in [4.78, 5) is 0. The second-order valence-corrected chi connectivity index (χ2v) is 5.65. The van der Waals surface area contributed by atoms with Crippen molar-refractivity contribution in [1.82, 2.24) is 0 Å². The summed E-state index contributed by atoms with van der Waals surface area (Å²) >= 11 is 0. The fraction of sp³-hybridized carbons (Fsp3) is 1.00. The molecule has 8 heteroatoms. The van der Waals surface area contributed by atoms with Crippen molar-refractivity contribution in [2.24, 2.45) is 0 Å². The minimum Gasteiger partial charge on any atom is -0.726 e. The Morgan fingerprint density at radius 2 is 1.40 bits per heavy atom. The average Bonchev–Trinajstić information content (AvgIpc) is 2.33. The molecule has 116 valence electrons. The van der Waals surface area contributed by atoms with Crippen molar-refractivity contribution in [1.29, 1.82) is 0 Å². The van der Waals surface area contributed by atoms with Gasteiger partial charge in [0.25, 0.3) is 0 Å². The molecule has 0 bridgehead atoms. The Balaban J connectivity index is 0. The molecule has 0 fully saturated rings. The topological polar surface area (TPSA) is 66.4 Å². The Kier molecular flexibility index (Phi) is 18.0. The van der Waals surface area contributed by atoms with Gasteiger partial charge in [-0.15, -0.1) is 0 Å². The van der Waals surface area contributed by atoms with Crippen LogP contribution < -0.4 is 51.4 Å². The number of rotatable bonds is 13. The third-order valence-corrected chi connectivity index (χ3v) is 3.22. The molecule has 0 saturated carbocycles. The average molecular weight is 340 g/mol. The second kappa shape index (κ2) is 15.3. The first-order valence-electron chi connectivity index (χ1n) is 6.76. The fourth-order valence-corrected chi connectivity index (χ4v) is 2.08. The van der Waals surface area contributed by atoms with Crippen molar-refractivity contribution in [2.75, 3.05) is 13.3 Å². The SMILES string of the molecule is O=S(=O)([O-])OCC(F)CCCCCCCCCCF.[K+]. The van der Waals surface area contributed by atoms with E-state index in [1.165, 1.54) is 0 Å². The standard InChI is InChI=1S/C12H24F2O4S.K/c13-10-8-6-4-2-1-3-5-7-9-12(14)11-18-19(15,16)17;/h12H,1-11H2,(H,15,16,17);/q;+1/p-1. The first-order chi connectivity index (χ1) is 8.95. The monoisotopic (exact) mass is 340 g/mol. The molecule has 20 heavy (non-hydrogen) atoms. The number of alkyl halides is 2. The summed E-state index contributed by atoms with van der Waals surface area (Å²) in [5.41, 5.74) is 0. The minimum atomic E-state index is -4.79. The van der Waals surface area contributed by atoms with Crippen LogP contribution in [0.4, 0.5) is 8.78 Å². The van der Waals surface area contributed by atoms with Gasteiger partial charge in [0.05, 0.1) is 13.3 Å². The van der Waals surface area contributed by atoms with Gasteiger partial charge in [0.15, 0.2) is 0 Å². The first-order valence-corrected chi connectivity index (χ1v) is 8.09. The van der Waals surface area contributed by atoms with Crippen molar-refractivity contribution < 1.29 is 77.3 Å². The largest absolute Gasteiger partial charge is 1.00 e. The van der Waals surface area contributed by atoms with E-state index < -0.39 is 23.2 Å². The van der Waals surface area contributed by atoms with E-state index >= 15 is 0 Å². The van der Waals surface area contributed by atoms with E-state index in [4.69, 9.17) is 0 Å². The molecule has 0 aliphatic rings. The minimum absolute atomic E-state index is 0. The number of hydrogen-bond donors (Lipinski definition) is 0. The van der Waals surface area contributed by atoms with Crippen LogP contribution in [0.15, 0.2) is 0 Å². The van der Waals surface area contributed by atoms with Crippen LogP contribution in [0.5, 0.6) is 0 Å². The fourth-order valence-electron chi connectivity index (χ4n) is 1.76. The van der Waals surface area contributed by atoms with Gasteiger partial charge in [0.1, 0.15) is 6.17 Å². The van der Waals surface area contributed by atoms with Gasteiger partial charge in [0, 0.05) is 0 Å². The third-order valence-electron chi connectivity index (χ3n) is 2.79. The Morgan fingerprint density at radius 1 is 0.950 bits per heavy atom. The molecule has 0 aromatic heterocycles. The van der Waals surface area contributed by atoms with Gasteiger partial charge in [0.2, 0.25) is 10.4 Å². The van der Waals surface area contributed by atoms with E-state index in [0.717, 1.165) is 38.5 Å². The maximum atomic E-state index is 13.1. The van der Waals surface area contributed by atoms with Gasteiger partial charge in [-0.25, -0.2) is 12.8 Å². The predicted molar refractivity (Wildman–Crippen MR) is 68.1 cm³/mol. The summed E-state index contributed by atoms with van der Waals surface area (Å²) in [5.74, 6) is 0. The zero-order valence-corrected chi connectivity index (χ0v) is 16.1. The van der Waals surface area contributed by atoms with Crippen molar-refractivity contribution in [2.45, 2.75) is 64.0 Å². The zero-order chi connectivity index (χ0) is 14.6. The Bertz CT molecular complexity index is 302. The molecule has 1 unspecified atom stereocenters. The molecular formula is C12H23F2KO4S. The maximum Gasteiger partial charge on any atom is 1.00 e. The van der Waals surface area contributed by atoms with Crippen molar-refractivity contribution >= 4 is 10.4 Å². The Hall–Kier alpha value is 1.37. The molecule has 1 atom stereocenters.